The quantitative estimate of drug-likeness (QED) is 0.461. The lowest BCUT2D eigenvalue weighted by Gasteiger charge is -2.24. The van der Waals surface area contributed by atoms with E-state index in [2.05, 4.69) is 29.4 Å². The SMILES string of the molecule is CCCCCCOCC(NC(=O)OC(C)(C)C)c1ccc(-c2scnc2C)cc1. The van der Waals surface area contributed by atoms with Crippen LogP contribution in [0.5, 0.6) is 0 Å². The van der Waals surface area contributed by atoms with Crippen LogP contribution < -0.4 is 5.32 Å². The predicted octanol–water partition coefficient (Wildman–Crippen LogP) is 6.28. The molecule has 0 aliphatic rings. The number of benzene rings is 1. The first-order valence-corrected chi connectivity index (χ1v) is 11.3. The van der Waals surface area contributed by atoms with Crippen molar-refractivity contribution in [3.63, 3.8) is 0 Å². The zero-order chi connectivity index (χ0) is 21.3. The highest BCUT2D eigenvalue weighted by molar-refractivity contribution is 7.13. The maximum absolute atomic E-state index is 12.3. The van der Waals surface area contributed by atoms with Crippen LogP contribution in [0.2, 0.25) is 0 Å². The Morgan fingerprint density at radius 2 is 1.90 bits per heavy atom. The van der Waals surface area contributed by atoms with Gasteiger partial charge in [0.1, 0.15) is 5.60 Å². The monoisotopic (exact) mass is 418 g/mol. The van der Waals surface area contributed by atoms with E-state index < -0.39 is 11.7 Å². The number of hydrogen-bond donors (Lipinski definition) is 1. The molecule has 6 heteroatoms. The Kier molecular flexibility index (Phi) is 9.11. The van der Waals surface area contributed by atoms with Gasteiger partial charge in [-0.25, -0.2) is 9.78 Å². The van der Waals surface area contributed by atoms with Crippen molar-refractivity contribution < 1.29 is 14.3 Å². The molecule has 1 aromatic heterocycles. The van der Waals surface area contributed by atoms with E-state index in [1.54, 1.807) is 11.3 Å². The number of rotatable bonds is 10. The van der Waals surface area contributed by atoms with Gasteiger partial charge in [-0.2, -0.15) is 0 Å². The Morgan fingerprint density at radius 1 is 1.17 bits per heavy atom. The Balaban J connectivity index is 2.04. The Labute approximate surface area is 178 Å². The van der Waals surface area contributed by atoms with Gasteiger partial charge in [0.25, 0.3) is 0 Å². The molecule has 1 N–H and O–H groups in total. The third-order valence-electron chi connectivity index (χ3n) is 4.44. The van der Waals surface area contributed by atoms with Crippen LogP contribution in [-0.2, 0) is 9.47 Å². The molecule has 0 aliphatic heterocycles. The molecule has 2 aromatic rings. The average molecular weight is 419 g/mol. The van der Waals surface area contributed by atoms with Crippen molar-refractivity contribution in [3.05, 3.63) is 41.0 Å². The number of ether oxygens (including phenoxy) is 2. The molecule has 0 aliphatic carbocycles. The van der Waals surface area contributed by atoms with Gasteiger partial charge in [0.15, 0.2) is 0 Å². The smallest absolute Gasteiger partial charge is 0.408 e. The van der Waals surface area contributed by atoms with Crippen LogP contribution in [0.15, 0.2) is 29.8 Å². The zero-order valence-electron chi connectivity index (χ0n) is 18.3. The number of nitrogens with zero attached hydrogens (tertiary/aromatic N) is 1. The van der Waals surface area contributed by atoms with E-state index in [1.807, 2.05) is 45.3 Å². The van der Waals surface area contributed by atoms with Gasteiger partial charge in [0.05, 0.1) is 28.7 Å². The largest absolute Gasteiger partial charge is 0.444 e. The van der Waals surface area contributed by atoms with E-state index in [0.29, 0.717) is 13.2 Å². The molecular weight excluding hydrogens is 384 g/mol. The summed E-state index contributed by atoms with van der Waals surface area (Å²) < 4.78 is 11.3. The van der Waals surface area contributed by atoms with Gasteiger partial charge < -0.3 is 14.8 Å². The number of aromatic nitrogens is 1. The summed E-state index contributed by atoms with van der Waals surface area (Å²) in [5, 5.41) is 2.96. The van der Waals surface area contributed by atoms with Gasteiger partial charge in [-0.15, -0.1) is 11.3 Å². The van der Waals surface area contributed by atoms with Gasteiger partial charge in [0.2, 0.25) is 0 Å². The number of nitrogens with one attached hydrogen (secondary N) is 1. The van der Waals surface area contributed by atoms with E-state index >= 15 is 0 Å². The van der Waals surface area contributed by atoms with E-state index in [9.17, 15) is 4.79 Å². The number of aryl methyl sites for hydroxylation is 1. The lowest BCUT2D eigenvalue weighted by atomic mass is 10.0. The molecule has 0 saturated carbocycles. The van der Waals surface area contributed by atoms with Gasteiger partial charge in [0, 0.05) is 6.61 Å². The van der Waals surface area contributed by atoms with E-state index in [-0.39, 0.29) is 6.04 Å². The number of hydrogen-bond acceptors (Lipinski definition) is 5. The molecule has 2 rings (SSSR count). The summed E-state index contributed by atoms with van der Waals surface area (Å²) in [7, 11) is 0. The maximum atomic E-state index is 12.3. The summed E-state index contributed by atoms with van der Waals surface area (Å²) >= 11 is 1.63. The first-order chi connectivity index (χ1) is 13.8. The summed E-state index contributed by atoms with van der Waals surface area (Å²) in [5.74, 6) is 0. The number of thiazole rings is 1. The molecule has 5 nitrogen and oxygen atoms in total. The number of carbonyl (C=O) groups is 1. The second-order valence-electron chi connectivity index (χ2n) is 8.22. The Bertz CT molecular complexity index is 750. The van der Waals surface area contributed by atoms with Crippen molar-refractivity contribution in [2.45, 2.75) is 71.9 Å². The molecule has 160 valence electrons. The number of unbranched alkanes of at least 4 members (excludes halogenated alkanes) is 3. The standard InChI is InChI=1S/C23H34N2O3S/c1-6-7-8-9-14-27-15-20(25-22(26)28-23(3,4)5)18-10-12-19(13-11-18)21-17(2)24-16-29-21/h10-13,16,20H,6-9,14-15H2,1-5H3,(H,25,26). The van der Waals surface area contributed by atoms with Gasteiger partial charge in [-0.3, -0.25) is 0 Å². The van der Waals surface area contributed by atoms with Crippen LogP contribution in [0.1, 0.15) is 70.7 Å². The fourth-order valence-electron chi connectivity index (χ4n) is 2.95. The van der Waals surface area contributed by atoms with Crippen molar-refractivity contribution in [2.75, 3.05) is 13.2 Å². The van der Waals surface area contributed by atoms with E-state index in [0.717, 1.165) is 23.2 Å². The summed E-state index contributed by atoms with van der Waals surface area (Å²) in [5.41, 5.74) is 4.48. The normalized spacial score (nSPS) is 12.6. The lowest BCUT2D eigenvalue weighted by molar-refractivity contribution is 0.0438. The highest BCUT2D eigenvalue weighted by atomic mass is 32.1. The third-order valence-corrected chi connectivity index (χ3v) is 5.42. The molecule has 1 atom stereocenters. The van der Waals surface area contributed by atoms with Crippen molar-refractivity contribution in [1.29, 1.82) is 0 Å². The van der Waals surface area contributed by atoms with Gasteiger partial charge in [-0.05, 0) is 45.2 Å². The molecule has 1 heterocycles. The third kappa shape index (κ3) is 8.15. The van der Waals surface area contributed by atoms with Crippen molar-refractivity contribution >= 4 is 17.4 Å². The van der Waals surface area contributed by atoms with Crippen LogP contribution >= 0.6 is 11.3 Å². The van der Waals surface area contributed by atoms with Crippen molar-refractivity contribution in [3.8, 4) is 10.4 Å². The number of carbonyl (C=O) groups excluding carboxylic acids is 1. The zero-order valence-corrected chi connectivity index (χ0v) is 19.1. The molecule has 1 unspecified atom stereocenters. The molecule has 0 fully saturated rings. The minimum Gasteiger partial charge on any atom is -0.444 e. The topological polar surface area (TPSA) is 60.5 Å². The van der Waals surface area contributed by atoms with Crippen LogP contribution in [0, 0.1) is 6.92 Å². The minimum absolute atomic E-state index is 0.257. The fourth-order valence-corrected chi connectivity index (χ4v) is 3.76. The first-order valence-electron chi connectivity index (χ1n) is 10.4. The summed E-state index contributed by atoms with van der Waals surface area (Å²) in [6.07, 6.45) is 4.20. The van der Waals surface area contributed by atoms with Crippen molar-refractivity contribution in [2.24, 2.45) is 0 Å². The minimum atomic E-state index is -0.538. The van der Waals surface area contributed by atoms with Crippen molar-refractivity contribution in [1.82, 2.24) is 10.3 Å². The molecule has 0 bridgehead atoms. The molecular formula is C23H34N2O3S. The molecule has 0 saturated heterocycles. The summed E-state index contributed by atoms with van der Waals surface area (Å²) in [6.45, 7) is 10.9. The highest BCUT2D eigenvalue weighted by Gasteiger charge is 2.21. The predicted molar refractivity (Wildman–Crippen MR) is 119 cm³/mol. The second-order valence-corrected chi connectivity index (χ2v) is 9.08. The van der Waals surface area contributed by atoms with Crippen LogP contribution in [0.4, 0.5) is 4.79 Å². The Hall–Kier alpha value is -1.92. The molecule has 0 radical (unpaired) electrons. The van der Waals surface area contributed by atoms with Crippen LogP contribution in [-0.4, -0.2) is 29.9 Å². The summed E-state index contributed by atoms with van der Waals surface area (Å²) in [6, 6.07) is 7.96. The van der Waals surface area contributed by atoms with Gasteiger partial charge in [-0.1, -0.05) is 50.5 Å². The highest BCUT2D eigenvalue weighted by Crippen LogP contribution is 2.28. The summed E-state index contributed by atoms with van der Waals surface area (Å²) in [4.78, 5) is 17.8. The van der Waals surface area contributed by atoms with E-state index in [1.165, 1.54) is 24.1 Å². The maximum Gasteiger partial charge on any atom is 0.408 e. The number of alkyl carbamates (subject to hydrolysis) is 1. The van der Waals surface area contributed by atoms with Gasteiger partial charge >= 0.3 is 6.09 Å². The van der Waals surface area contributed by atoms with Crippen LogP contribution in [0.3, 0.4) is 0 Å². The Morgan fingerprint density at radius 3 is 2.48 bits per heavy atom. The average Bonchev–Trinajstić information content (AvgIpc) is 3.08. The second kappa shape index (κ2) is 11.3. The molecule has 0 spiro atoms. The van der Waals surface area contributed by atoms with E-state index in [4.69, 9.17) is 9.47 Å². The fraction of sp³-hybridized carbons (Fsp3) is 0.565. The molecule has 1 aromatic carbocycles. The number of amides is 1. The molecule has 29 heavy (non-hydrogen) atoms. The molecule has 1 amide bonds. The lowest BCUT2D eigenvalue weighted by Crippen LogP contribution is -2.36. The first kappa shape index (κ1) is 23.4. The van der Waals surface area contributed by atoms with Crippen LogP contribution in [0.25, 0.3) is 10.4 Å².